The Bertz CT molecular complexity index is 1170. The highest BCUT2D eigenvalue weighted by molar-refractivity contribution is 8.00. The van der Waals surface area contributed by atoms with Crippen LogP contribution in [0.5, 0.6) is 0 Å². The molecule has 3 aromatic rings. The van der Waals surface area contributed by atoms with Gasteiger partial charge in [-0.15, -0.1) is 11.8 Å². The van der Waals surface area contributed by atoms with Gasteiger partial charge in [-0.1, -0.05) is 25.5 Å². The van der Waals surface area contributed by atoms with Crippen molar-refractivity contribution in [3.05, 3.63) is 47.4 Å². The van der Waals surface area contributed by atoms with E-state index in [0.717, 1.165) is 72.7 Å². The van der Waals surface area contributed by atoms with Gasteiger partial charge in [0.05, 0.1) is 11.3 Å². The van der Waals surface area contributed by atoms with E-state index < -0.39 is 0 Å². The van der Waals surface area contributed by atoms with Crippen molar-refractivity contribution in [2.24, 2.45) is 0 Å². The quantitative estimate of drug-likeness (QED) is 0.531. The second-order valence-electron chi connectivity index (χ2n) is 9.17. The molecule has 3 aliphatic rings. The van der Waals surface area contributed by atoms with Crippen LogP contribution in [0.3, 0.4) is 0 Å². The Kier molecular flexibility index (Phi) is 4.78. The van der Waals surface area contributed by atoms with Gasteiger partial charge >= 0.3 is 0 Å². The highest BCUT2D eigenvalue weighted by Gasteiger charge is 2.32. The lowest BCUT2D eigenvalue weighted by atomic mass is 10.1. The normalized spacial score (nSPS) is 21.3. The predicted molar refractivity (Wildman–Crippen MR) is 125 cm³/mol. The largest absolute Gasteiger partial charge is 0.313 e. The fourth-order valence-corrected chi connectivity index (χ4v) is 6.02. The first-order chi connectivity index (χ1) is 15.2. The predicted octanol–water partition coefficient (Wildman–Crippen LogP) is 5.57. The number of pyridine rings is 1. The highest BCUT2D eigenvalue weighted by atomic mass is 32.2. The van der Waals surface area contributed by atoms with Gasteiger partial charge in [0.2, 0.25) is 0 Å². The number of nitrogens with zero attached hydrogens (tertiary/aromatic N) is 4. The molecule has 160 valence electrons. The number of hydrogen-bond donors (Lipinski definition) is 0. The molecule has 1 unspecified atom stereocenters. The summed E-state index contributed by atoms with van der Waals surface area (Å²) in [7, 11) is 0. The molecule has 1 aromatic carbocycles. The van der Waals surface area contributed by atoms with Crippen molar-refractivity contribution in [2.45, 2.75) is 74.5 Å². The van der Waals surface area contributed by atoms with Gasteiger partial charge in [0.1, 0.15) is 11.3 Å². The Hall–Kier alpha value is -2.34. The van der Waals surface area contributed by atoms with Gasteiger partial charge in [-0.2, -0.15) is 0 Å². The van der Waals surface area contributed by atoms with E-state index in [9.17, 15) is 4.79 Å². The standard InChI is InChI=1S/C25H28N4OS/c1-16-12-14-28(20-7-4-5-8-21(20)31-16)25(30)18-15-19(17-10-11-17)26-24-23(18)27-22-9-3-2-6-13-29(22)24/h4-5,7-8,15-17H,2-3,6,9-14H2,1H3. The van der Waals surface area contributed by atoms with Gasteiger partial charge in [0.25, 0.3) is 5.91 Å². The molecule has 2 aromatic heterocycles. The number of amides is 1. The van der Waals surface area contributed by atoms with Crippen LogP contribution in [0.1, 0.15) is 73.2 Å². The number of hydrogen-bond acceptors (Lipinski definition) is 4. The Balaban J connectivity index is 1.50. The summed E-state index contributed by atoms with van der Waals surface area (Å²) in [4.78, 5) is 27.3. The molecule has 0 radical (unpaired) electrons. The van der Waals surface area contributed by atoms with E-state index >= 15 is 0 Å². The van der Waals surface area contributed by atoms with Crippen molar-refractivity contribution in [3.63, 3.8) is 0 Å². The second kappa shape index (κ2) is 7.66. The van der Waals surface area contributed by atoms with E-state index in [4.69, 9.17) is 9.97 Å². The van der Waals surface area contributed by atoms with Crippen molar-refractivity contribution in [3.8, 4) is 0 Å². The minimum atomic E-state index is 0.0738. The summed E-state index contributed by atoms with van der Waals surface area (Å²) in [5.41, 5.74) is 4.57. The molecule has 31 heavy (non-hydrogen) atoms. The van der Waals surface area contributed by atoms with E-state index in [1.54, 1.807) is 0 Å². The topological polar surface area (TPSA) is 51.0 Å². The Morgan fingerprint density at radius 2 is 1.94 bits per heavy atom. The van der Waals surface area contributed by atoms with Crippen LogP contribution in [0.2, 0.25) is 0 Å². The van der Waals surface area contributed by atoms with Gasteiger partial charge < -0.3 is 9.47 Å². The molecule has 6 heteroatoms. The molecule has 5 nitrogen and oxygen atoms in total. The van der Waals surface area contributed by atoms with Crippen LogP contribution in [-0.2, 0) is 13.0 Å². The first kappa shape index (κ1) is 19.4. The molecule has 2 aliphatic heterocycles. The molecule has 0 spiro atoms. The summed E-state index contributed by atoms with van der Waals surface area (Å²) < 4.78 is 2.29. The van der Waals surface area contributed by atoms with Crippen LogP contribution >= 0.6 is 11.8 Å². The molecule has 1 aliphatic carbocycles. The zero-order chi connectivity index (χ0) is 20.9. The summed E-state index contributed by atoms with van der Waals surface area (Å²) in [6.07, 6.45) is 7.86. The van der Waals surface area contributed by atoms with E-state index in [1.165, 1.54) is 24.2 Å². The second-order valence-corrected chi connectivity index (χ2v) is 10.7. The van der Waals surface area contributed by atoms with Gasteiger partial charge in [0, 0.05) is 41.3 Å². The monoisotopic (exact) mass is 432 g/mol. The Morgan fingerprint density at radius 1 is 1.06 bits per heavy atom. The van der Waals surface area contributed by atoms with Crippen LogP contribution in [0.25, 0.3) is 11.2 Å². The third-order valence-electron chi connectivity index (χ3n) is 6.80. The number of aromatic nitrogens is 3. The highest BCUT2D eigenvalue weighted by Crippen LogP contribution is 2.42. The molecule has 4 heterocycles. The van der Waals surface area contributed by atoms with Crippen LogP contribution < -0.4 is 4.90 Å². The summed E-state index contributed by atoms with van der Waals surface area (Å²) in [5, 5.41) is 0.488. The number of fused-ring (bicyclic) bond motifs is 4. The molecule has 1 atom stereocenters. The first-order valence-corrected chi connectivity index (χ1v) is 12.5. The lowest BCUT2D eigenvalue weighted by Gasteiger charge is -2.23. The number of anilines is 1. The molecule has 1 amide bonds. The number of carbonyl (C=O) groups is 1. The van der Waals surface area contributed by atoms with E-state index in [-0.39, 0.29) is 5.91 Å². The number of para-hydroxylation sites is 1. The Morgan fingerprint density at radius 3 is 2.81 bits per heavy atom. The number of benzene rings is 1. The molecule has 1 fully saturated rings. The first-order valence-electron chi connectivity index (χ1n) is 11.7. The van der Waals surface area contributed by atoms with E-state index in [1.807, 2.05) is 22.7 Å². The molecule has 1 saturated carbocycles. The lowest BCUT2D eigenvalue weighted by Crippen LogP contribution is -2.32. The number of imidazole rings is 1. The van der Waals surface area contributed by atoms with Crippen molar-refractivity contribution < 1.29 is 4.79 Å². The zero-order valence-electron chi connectivity index (χ0n) is 18.0. The fraction of sp³-hybridized carbons (Fsp3) is 0.480. The zero-order valence-corrected chi connectivity index (χ0v) is 18.8. The minimum Gasteiger partial charge on any atom is -0.313 e. The molecule has 0 N–H and O–H groups in total. The summed E-state index contributed by atoms with van der Waals surface area (Å²) in [6.45, 7) is 3.94. The van der Waals surface area contributed by atoms with Crippen molar-refractivity contribution in [1.82, 2.24) is 14.5 Å². The number of thioether (sulfide) groups is 1. The third-order valence-corrected chi connectivity index (χ3v) is 8.04. The van der Waals surface area contributed by atoms with Gasteiger partial charge in [0.15, 0.2) is 5.65 Å². The van der Waals surface area contributed by atoms with Gasteiger partial charge in [-0.05, 0) is 50.3 Å². The third kappa shape index (κ3) is 3.45. The minimum absolute atomic E-state index is 0.0738. The maximum atomic E-state index is 14.1. The van der Waals surface area contributed by atoms with Crippen LogP contribution in [0.15, 0.2) is 35.2 Å². The molecule has 0 saturated heterocycles. The van der Waals surface area contributed by atoms with Crippen LogP contribution in [0, 0.1) is 0 Å². The summed E-state index contributed by atoms with van der Waals surface area (Å²) in [6, 6.07) is 10.4. The summed E-state index contributed by atoms with van der Waals surface area (Å²) >= 11 is 1.87. The van der Waals surface area contributed by atoms with Crippen molar-refractivity contribution in [2.75, 3.05) is 11.4 Å². The molecular formula is C25H28N4OS. The average molecular weight is 433 g/mol. The Labute approximate surface area is 187 Å². The SMILES string of the molecule is CC1CCN(C(=O)c2cc(C3CC3)nc3c2nc2n3CCCCC2)c2ccccc2S1. The van der Waals surface area contributed by atoms with Crippen LogP contribution in [-0.4, -0.2) is 32.2 Å². The number of aryl methyl sites for hydroxylation is 2. The van der Waals surface area contributed by atoms with E-state index in [0.29, 0.717) is 11.2 Å². The average Bonchev–Trinajstić information content (AvgIpc) is 3.60. The smallest absolute Gasteiger partial charge is 0.260 e. The lowest BCUT2D eigenvalue weighted by molar-refractivity contribution is 0.0987. The number of rotatable bonds is 2. The van der Waals surface area contributed by atoms with Crippen LogP contribution in [0.4, 0.5) is 5.69 Å². The summed E-state index contributed by atoms with van der Waals surface area (Å²) in [5.74, 6) is 1.67. The maximum Gasteiger partial charge on any atom is 0.260 e. The molecule has 6 rings (SSSR count). The van der Waals surface area contributed by atoms with Gasteiger partial charge in [-0.25, -0.2) is 9.97 Å². The fourth-order valence-electron chi connectivity index (χ4n) is 4.90. The van der Waals surface area contributed by atoms with E-state index in [2.05, 4.69) is 35.8 Å². The molecule has 0 bridgehead atoms. The molecular weight excluding hydrogens is 404 g/mol. The maximum absolute atomic E-state index is 14.1. The van der Waals surface area contributed by atoms with Crippen molar-refractivity contribution in [1.29, 1.82) is 0 Å². The number of carbonyl (C=O) groups excluding carboxylic acids is 1. The van der Waals surface area contributed by atoms with Gasteiger partial charge in [-0.3, -0.25) is 4.79 Å². The van der Waals surface area contributed by atoms with Crippen molar-refractivity contribution >= 4 is 34.5 Å².